The summed E-state index contributed by atoms with van der Waals surface area (Å²) in [5, 5.41) is 0. The molecule has 2 aliphatic heterocycles. The van der Waals surface area contributed by atoms with Crippen molar-refractivity contribution < 1.29 is 8.76 Å². The summed E-state index contributed by atoms with van der Waals surface area (Å²) in [6.45, 7) is 4.70. The van der Waals surface area contributed by atoms with Gasteiger partial charge in [0, 0.05) is 6.54 Å². The first kappa shape index (κ1) is 19.6. The van der Waals surface area contributed by atoms with Crippen molar-refractivity contribution in [3.63, 3.8) is 0 Å². The fraction of sp³-hybridized carbons (Fsp3) is 0.727. The van der Waals surface area contributed by atoms with E-state index in [1.165, 1.54) is 56.0 Å². The van der Waals surface area contributed by atoms with E-state index in [-0.39, 0.29) is 5.41 Å². The number of piperidine rings is 1. The van der Waals surface area contributed by atoms with E-state index in [2.05, 4.69) is 23.1 Å². The lowest BCUT2D eigenvalue weighted by Crippen LogP contribution is -2.49. The van der Waals surface area contributed by atoms with Gasteiger partial charge in [-0.05, 0) is 67.7 Å². The summed E-state index contributed by atoms with van der Waals surface area (Å²) in [5.41, 5.74) is 2.63. The molecule has 1 atom stereocenters. The fourth-order valence-corrected chi connectivity index (χ4v) is 6.36. The van der Waals surface area contributed by atoms with Crippen molar-refractivity contribution in [1.29, 1.82) is 0 Å². The topological polar surface area (TPSA) is 46.6 Å². The average Bonchev–Trinajstić information content (AvgIpc) is 2.81. The summed E-state index contributed by atoms with van der Waals surface area (Å²) in [6.07, 6.45) is 11.6. The lowest BCUT2D eigenvalue weighted by Gasteiger charge is -2.44. The zero-order chi connectivity index (χ0) is 18.9. The van der Waals surface area contributed by atoms with Crippen LogP contribution in [0.2, 0.25) is 0 Å². The minimum absolute atomic E-state index is 0.0960. The maximum Gasteiger partial charge on any atom is 0.122 e. The van der Waals surface area contributed by atoms with Crippen LogP contribution in [0.5, 0.6) is 0 Å². The SMILES string of the molecule is C[S+](=O)([O-])N1Cc2ccccc2CC2(CCN(CC3CCCCC3)CC2)C1. The van der Waals surface area contributed by atoms with Gasteiger partial charge in [0.15, 0.2) is 0 Å². The van der Waals surface area contributed by atoms with E-state index in [9.17, 15) is 8.76 Å². The van der Waals surface area contributed by atoms with Crippen molar-refractivity contribution in [2.75, 3.05) is 32.4 Å². The van der Waals surface area contributed by atoms with E-state index < -0.39 is 10.4 Å². The van der Waals surface area contributed by atoms with Gasteiger partial charge in [-0.1, -0.05) is 47.7 Å². The zero-order valence-corrected chi connectivity index (χ0v) is 17.5. The highest BCUT2D eigenvalue weighted by Gasteiger charge is 2.42. The quantitative estimate of drug-likeness (QED) is 0.736. The van der Waals surface area contributed by atoms with Crippen LogP contribution >= 0.6 is 0 Å². The summed E-state index contributed by atoms with van der Waals surface area (Å²) < 4.78 is 26.6. The third kappa shape index (κ3) is 4.64. The Bertz CT molecular complexity index is 687. The first-order valence-electron chi connectivity index (χ1n) is 10.7. The third-order valence-corrected chi connectivity index (χ3v) is 8.37. The minimum atomic E-state index is -3.18. The van der Waals surface area contributed by atoms with Crippen molar-refractivity contribution in [3.8, 4) is 0 Å². The molecule has 2 heterocycles. The van der Waals surface area contributed by atoms with Crippen LogP contribution in [0, 0.1) is 11.3 Å². The molecule has 4 rings (SSSR count). The van der Waals surface area contributed by atoms with Crippen LogP contribution in [0.4, 0.5) is 0 Å². The molecular weight excluding hydrogens is 356 g/mol. The molecule has 0 radical (unpaired) electrons. The van der Waals surface area contributed by atoms with Gasteiger partial charge in [-0.3, -0.25) is 0 Å². The molecule has 5 heteroatoms. The Kier molecular flexibility index (Phi) is 5.75. The largest absolute Gasteiger partial charge is 0.598 e. The van der Waals surface area contributed by atoms with Crippen molar-refractivity contribution >= 4 is 10.4 Å². The Labute approximate surface area is 165 Å². The number of hydrogen-bond acceptors (Lipinski definition) is 3. The highest BCUT2D eigenvalue weighted by Crippen LogP contribution is 2.41. The molecule has 1 unspecified atom stereocenters. The maximum absolute atomic E-state index is 12.4. The number of nitrogens with zero attached hydrogens (tertiary/aromatic N) is 2. The van der Waals surface area contributed by atoms with Crippen LogP contribution in [0.15, 0.2) is 24.3 Å². The lowest BCUT2D eigenvalue weighted by atomic mass is 9.73. The summed E-state index contributed by atoms with van der Waals surface area (Å²) in [6, 6.07) is 8.44. The van der Waals surface area contributed by atoms with E-state index in [4.69, 9.17) is 0 Å². The summed E-state index contributed by atoms with van der Waals surface area (Å²) in [7, 11) is -3.18. The van der Waals surface area contributed by atoms with Crippen LogP contribution in [0.1, 0.15) is 56.1 Å². The van der Waals surface area contributed by atoms with Gasteiger partial charge in [0.2, 0.25) is 0 Å². The molecule has 4 nitrogen and oxygen atoms in total. The number of hydrogen-bond donors (Lipinski definition) is 0. The Balaban J connectivity index is 1.47. The highest BCUT2D eigenvalue weighted by molar-refractivity contribution is 7.94. The number of likely N-dealkylation sites (tertiary alicyclic amines) is 1. The molecule has 3 aliphatic rings. The second-order valence-electron chi connectivity index (χ2n) is 9.28. The van der Waals surface area contributed by atoms with Crippen LogP contribution in [0.25, 0.3) is 0 Å². The molecule has 150 valence electrons. The molecule has 1 aliphatic carbocycles. The molecule has 1 aromatic carbocycles. The molecule has 2 fully saturated rings. The normalized spacial score (nSPS) is 27.0. The molecule has 1 spiro atoms. The molecule has 1 saturated carbocycles. The summed E-state index contributed by atoms with van der Waals surface area (Å²) in [5.74, 6) is 0.884. The predicted molar refractivity (Wildman–Crippen MR) is 110 cm³/mol. The van der Waals surface area contributed by atoms with Gasteiger partial charge in [0.1, 0.15) is 16.7 Å². The van der Waals surface area contributed by atoms with Crippen LogP contribution < -0.4 is 0 Å². The fourth-order valence-electron chi connectivity index (χ4n) is 5.48. The van der Waals surface area contributed by atoms with Crippen molar-refractivity contribution in [2.45, 2.75) is 57.9 Å². The number of fused-ring (bicyclic) bond motifs is 1. The number of benzene rings is 1. The number of sulfonamides is 1. The van der Waals surface area contributed by atoms with Crippen molar-refractivity contribution in [2.24, 2.45) is 11.3 Å². The molecule has 0 N–H and O–H groups in total. The van der Waals surface area contributed by atoms with E-state index in [1.54, 1.807) is 4.31 Å². The first-order valence-corrected chi connectivity index (χ1v) is 12.5. The zero-order valence-electron chi connectivity index (χ0n) is 16.7. The Morgan fingerprint density at radius 3 is 2.44 bits per heavy atom. The second kappa shape index (κ2) is 7.94. The smallest absolute Gasteiger partial charge is 0.122 e. The van der Waals surface area contributed by atoms with Gasteiger partial charge >= 0.3 is 0 Å². The van der Waals surface area contributed by atoms with E-state index in [1.807, 2.05) is 6.07 Å². The van der Waals surface area contributed by atoms with Gasteiger partial charge in [-0.25, -0.2) is 0 Å². The van der Waals surface area contributed by atoms with E-state index >= 15 is 0 Å². The van der Waals surface area contributed by atoms with Crippen LogP contribution in [-0.2, 0) is 27.6 Å². The third-order valence-electron chi connectivity index (χ3n) is 7.17. The summed E-state index contributed by atoms with van der Waals surface area (Å²) in [4.78, 5) is 2.66. The Morgan fingerprint density at radius 2 is 1.78 bits per heavy atom. The Hall–Kier alpha value is -0.750. The van der Waals surface area contributed by atoms with Crippen molar-refractivity contribution in [3.05, 3.63) is 35.4 Å². The maximum atomic E-state index is 12.4. The number of rotatable bonds is 3. The molecule has 1 saturated heterocycles. The van der Waals surface area contributed by atoms with Crippen molar-refractivity contribution in [1.82, 2.24) is 9.21 Å². The van der Waals surface area contributed by atoms with E-state index in [0.717, 1.165) is 38.3 Å². The highest BCUT2D eigenvalue weighted by atomic mass is 32.3. The van der Waals surface area contributed by atoms with Gasteiger partial charge in [0.25, 0.3) is 0 Å². The second-order valence-corrected chi connectivity index (χ2v) is 11.3. The van der Waals surface area contributed by atoms with Gasteiger partial charge in [0.05, 0.1) is 13.1 Å². The lowest BCUT2D eigenvalue weighted by molar-refractivity contribution is 0.0709. The Morgan fingerprint density at radius 1 is 1.11 bits per heavy atom. The molecular formula is C22H34N2O2S. The predicted octanol–water partition coefficient (Wildman–Crippen LogP) is 3.88. The van der Waals surface area contributed by atoms with E-state index in [0.29, 0.717) is 13.1 Å². The molecule has 27 heavy (non-hydrogen) atoms. The monoisotopic (exact) mass is 390 g/mol. The minimum Gasteiger partial charge on any atom is -0.598 e. The standard InChI is InChI=1S/C22H34N2O2S/c1-27(25,26)24-17-21-10-6-5-9-20(21)15-22(18-24)11-13-23(14-12-22)16-19-7-3-2-4-8-19/h5-6,9-10,19H,2-4,7-8,11-18H2,1H3. The first-order chi connectivity index (χ1) is 12.9. The van der Waals surface area contributed by atoms with Gasteiger partial charge in [-0.15, -0.1) is 4.31 Å². The average molecular weight is 391 g/mol. The van der Waals surface area contributed by atoms with Gasteiger partial charge in [-0.2, -0.15) is 0 Å². The summed E-state index contributed by atoms with van der Waals surface area (Å²) >= 11 is 0. The molecule has 0 bridgehead atoms. The molecule has 0 aromatic heterocycles. The molecule has 0 amide bonds. The van der Waals surface area contributed by atoms with Gasteiger partial charge < -0.3 is 9.45 Å². The van der Waals surface area contributed by atoms with Crippen LogP contribution in [-0.4, -0.2) is 46.2 Å². The van der Waals surface area contributed by atoms with Crippen LogP contribution in [0.3, 0.4) is 0 Å². The molecule has 1 aromatic rings.